The van der Waals surface area contributed by atoms with Gasteiger partial charge >= 0.3 is 0 Å². The van der Waals surface area contributed by atoms with Gasteiger partial charge in [-0.1, -0.05) is 12.1 Å². The highest BCUT2D eigenvalue weighted by atomic mass is 19.1. The zero-order chi connectivity index (χ0) is 19.9. The molecule has 7 heteroatoms. The van der Waals surface area contributed by atoms with Gasteiger partial charge in [0.2, 0.25) is 5.95 Å². The Morgan fingerprint density at radius 3 is 2.46 bits per heavy atom. The molecule has 1 aromatic heterocycles. The van der Waals surface area contributed by atoms with Gasteiger partial charge in [-0.3, -0.25) is 4.79 Å². The fourth-order valence-electron chi connectivity index (χ4n) is 2.79. The zero-order valence-corrected chi connectivity index (χ0v) is 15.4. The average Bonchev–Trinajstić information content (AvgIpc) is 2.69. The van der Waals surface area contributed by atoms with E-state index in [4.69, 9.17) is 0 Å². The smallest absolute Gasteiger partial charge is 0.251 e. The van der Waals surface area contributed by atoms with Crippen LogP contribution in [-0.4, -0.2) is 29.0 Å². The minimum atomic E-state index is -0.523. The number of amides is 1. The maximum Gasteiger partial charge on any atom is 0.251 e. The highest BCUT2D eigenvalue weighted by Gasteiger charge is 2.12. The van der Waals surface area contributed by atoms with Crippen molar-refractivity contribution in [1.82, 2.24) is 15.3 Å². The number of benzene rings is 2. The number of rotatable bonds is 7. The lowest BCUT2D eigenvalue weighted by atomic mass is 9.98. The number of anilines is 1. The summed E-state index contributed by atoms with van der Waals surface area (Å²) in [4.78, 5) is 20.3. The Hall–Kier alpha value is -3.35. The molecule has 0 unspecified atom stereocenters. The number of hydrogen-bond acceptors (Lipinski definition) is 4. The maximum absolute atomic E-state index is 14.5. The van der Waals surface area contributed by atoms with E-state index in [9.17, 15) is 13.6 Å². The average molecular weight is 382 g/mol. The van der Waals surface area contributed by atoms with Gasteiger partial charge in [-0.05, 0) is 54.8 Å². The van der Waals surface area contributed by atoms with Crippen molar-refractivity contribution in [2.75, 3.05) is 18.4 Å². The van der Waals surface area contributed by atoms with E-state index >= 15 is 0 Å². The van der Waals surface area contributed by atoms with Gasteiger partial charge in [0, 0.05) is 36.6 Å². The molecule has 2 N–H and O–H groups in total. The first kappa shape index (κ1) is 19.4. The second kappa shape index (κ2) is 9.03. The molecule has 0 atom stereocenters. The predicted octanol–water partition coefficient (Wildman–Crippen LogP) is 3.96. The first-order valence-electron chi connectivity index (χ1n) is 8.90. The van der Waals surface area contributed by atoms with Crippen LogP contribution in [0.25, 0.3) is 11.1 Å². The van der Waals surface area contributed by atoms with Gasteiger partial charge in [0.15, 0.2) is 0 Å². The van der Waals surface area contributed by atoms with E-state index in [-0.39, 0.29) is 17.3 Å². The minimum absolute atomic E-state index is 0.236. The molecule has 1 heterocycles. The van der Waals surface area contributed by atoms with E-state index in [0.717, 1.165) is 0 Å². The van der Waals surface area contributed by atoms with Crippen LogP contribution in [0.4, 0.5) is 14.7 Å². The SMILES string of the molecule is Cc1cc(F)ccc1-c1ccc(C(=O)NCCCNc2ncccn2)cc1F. The maximum atomic E-state index is 14.5. The summed E-state index contributed by atoms with van der Waals surface area (Å²) in [7, 11) is 0. The fraction of sp³-hybridized carbons (Fsp3) is 0.190. The lowest BCUT2D eigenvalue weighted by Crippen LogP contribution is -2.26. The first-order valence-corrected chi connectivity index (χ1v) is 8.90. The minimum Gasteiger partial charge on any atom is -0.354 e. The van der Waals surface area contributed by atoms with E-state index in [1.54, 1.807) is 37.5 Å². The summed E-state index contributed by atoms with van der Waals surface area (Å²) in [6.45, 7) is 2.74. The Kier molecular flexibility index (Phi) is 6.26. The Bertz CT molecular complexity index is 964. The molecule has 0 spiro atoms. The summed E-state index contributed by atoms with van der Waals surface area (Å²) < 4.78 is 27.8. The van der Waals surface area contributed by atoms with Crippen LogP contribution in [0.3, 0.4) is 0 Å². The van der Waals surface area contributed by atoms with Crippen LogP contribution in [0.5, 0.6) is 0 Å². The van der Waals surface area contributed by atoms with Crippen molar-refractivity contribution in [3.8, 4) is 11.1 Å². The number of aromatic nitrogens is 2. The summed E-state index contributed by atoms with van der Waals surface area (Å²) in [6.07, 6.45) is 3.95. The van der Waals surface area contributed by atoms with Crippen LogP contribution in [0.1, 0.15) is 22.3 Å². The number of carbonyl (C=O) groups is 1. The van der Waals surface area contributed by atoms with Crippen LogP contribution >= 0.6 is 0 Å². The van der Waals surface area contributed by atoms with Gasteiger partial charge in [-0.15, -0.1) is 0 Å². The first-order chi connectivity index (χ1) is 13.5. The number of nitrogens with one attached hydrogen (secondary N) is 2. The van der Waals surface area contributed by atoms with Gasteiger partial charge < -0.3 is 10.6 Å². The standard InChI is InChI=1S/C21H20F2N4O/c1-14-12-16(22)5-7-17(14)18-6-4-15(13-19(18)23)20(28)24-8-2-9-25-21-26-10-3-11-27-21/h3-7,10-13H,2,8-9H2,1H3,(H,24,28)(H,25,26,27). The van der Waals surface area contributed by atoms with Gasteiger partial charge in [0.25, 0.3) is 5.91 Å². The second-order valence-corrected chi connectivity index (χ2v) is 6.26. The molecule has 3 rings (SSSR count). The van der Waals surface area contributed by atoms with Crippen molar-refractivity contribution >= 4 is 11.9 Å². The fourth-order valence-corrected chi connectivity index (χ4v) is 2.79. The Morgan fingerprint density at radius 2 is 1.75 bits per heavy atom. The zero-order valence-electron chi connectivity index (χ0n) is 15.4. The van der Waals surface area contributed by atoms with E-state index < -0.39 is 5.82 Å². The molecule has 0 aliphatic heterocycles. The van der Waals surface area contributed by atoms with Gasteiger partial charge in [0.05, 0.1) is 0 Å². The molecule has 0 radical (unpaired) electrons. The monoisotopic (exact) mass is 382 g/mol. The van der Waals surface area contributed by atoms with E-state index in [1.165, 1.54) is 24.3 Å². The van der Waals surface area contributed by atoms with Gasteiger partial charge in [-0.25, -0.2) is 18.7 Å². The molecule has 5 nitrogen and oxygen atoms in total. The molecule has 2 aromatic carbocycles. The molecule has 0 aliphatic rings. The topological polar surface area (TPSA) is 66.9 Å². The van der Waals surface area contributed by atoms with Crippen LogP contribution in [0, 0.1) is 18.6 Å². The molecule has 0 fully saturated rings. The van der Waals surface area contributed by atoms with Gasteiger partial charge in [0.1, 0.15) is 11.6 Å². The Balaban J connectivity index is 1.55. The van der Waals surface area contributed by atoms with Crippen molar-refractivity contribution in [1.29, 1.82) is 0 Å². The van der Waals surface area contributed by atoms with Crippen molar-refractivity contribution in [3.63, 3.8) is 0 Å². The third-order valence-corrected chi connectivity index (χ3v) is 4.20. The van der Waals surface area contributed by atoms with Crippen molar-refractivity contribution in [2.24, 2.45) is 0 Å². The largest absolute Gasteiger partial charge is 0.354 e. The molecule has 28 heavy (non-hydrogen) atoms. The molecular formula is C21H20F2N4O. The summed E-state index contributed by atoms with van der Waals surface area (Å²) >= 11 is 0. The highest BCUT2D eigenvalue weighted by molar-refractivity contribution is 5.94. The summed E-state index contributed by atoms with van der Waals surface area (Å²) in [5.74, 6) is -0.712. The highest BCUT2D eigenvalue weighted by Crippen LogP contribution is 2.27. The molecule has 3 aromatic rings. The summed E-state index contributed by atoms with van der Waals surface area (Å²) in [6, 6.07) is 10.2. The quantitative estimate of drug-likeness (QED) is 0.607. The molecule has 0 bridgehead atoms. The Labute approximate surface area is 161 Å². The number of nitrogens with zero attached hydrogens (tertiary/aromatic N) is 2. The lowest BCUT2D eigenvalue weighted by Gasteiger charge is -2.10. The molecule has 1 amide bonds. The summed E-state index contributed by atoms with van der Waals surface area (Å²) in [5.41, 5.74) is 1.80. The number of halogens is 2. The molecular weight excluding hydrogens is 362 g/mol. The Morgan fingerprint density at radius 1 is 1.00 bits per heavy atom. The molecule has 0 saturated heterocycles. The third-order valence-electron chi connectivity index (χ3n) is 4.20. The second-order valence-electron chi connectivity index (χ2n) is 6.26. The summed E-state index contributed by atoms with van der Waals surface area (Å²) in [5, 5.41) is 5.80. The normalized spacial score (nSPS) is 10.5. The predicted molar refractivity (Wildman–Crippen MR) is 104 cm³/mol. The van der Waals surface area contributed by atoms with E-state index in [1.807, 2.05) is 0 Å². The van der Waals surface area contributed by atoms with Crippen LogP contribution in [0.2, 0.25) is 0 Å². The molecule has 0 aliphatic carbocycles. The van der Waals surface area contributed by atoms with Crippen molar-refractivity contribution in [2.45, 2.75) is 13.3 Å². The molecule has 0 saturated carbocycles. The van der Waals surface area contributed by atoms with Crippen molar-refractivity contribution < 1.29 is 13.6 Å². The number of hydrogen-bond donors (Lipinski definition) is 2. The number of carbonyl (C=O) groups excluding carboxylic acids is 1. The van der Waals surface area contributed by atoms with Crippen LogP contribution in [-0.2, 0) is 0 Å². The van der Waals surface area contributed by atoms with E-state index in [0.29, 0.717) is 42.1 Å². The van der Waals surface area contributed by atoms with Crippen molar-refractivity contribution in [3.05, 3.63) is 77.6 Å². The van der Waals surface area contributed by atoms with E-state index in [2.05, 4.69) is 20.6 Å². The van der Waals surface area contributed by atoms with Crippen LogP contribution in [0.15, 0.2) is 54.9 Å². The lowest BCUT2D eigenvalue weighted by molar-refractivity contribution is 0.0953. The molecule has 144 valence electrons. The van der Waals surface area contributed by atoms with Gasteiger partial charge in [-0.2, -0.15) is 0 Å². The number of aryl methyl sites for hydroxylation is 1. The van der Waals surface area contributed by atoms with Crippen LogP contribution < -0.4 is 10.6 Å². The third kappa shape index (κ3) is 4.88.